The van der Waals surface area contributed by atoms with Crippen molar-refractivity contribution in [2.75, 3.05) is 6.54 Å². The van der Waals surface area contributed by atoms with Crippen LogP contribution in [0.25, 0.3) is 10.3 Å². The van der Waals surface area contributed by atoms with Crippen molar-refractivity contribution in [2.24, 2.45) is 0 Å². The molecular weight excluding hydrogens is 206 g/mol. The topological polar surface area (TPSA) is 37.8 Å². The molecule has 0 aliphatic rings. The molecule has 0 saturated carbocycles. The van der Waals surface area contributed by atoms with Crippen molar-refractivity contribution in [1.29, 1.82) is 0 Å². The Morgan fingerprint density at radius 3 is 2.93 bits per heavy atom. The summed E-state index contributed by atoms with van der Waals surface area (Å²) >= 11 is 1.66. The van der Waals surface area contributed by atoms with Crippen LogP contribution in [0, 0.1) is 0 Å². The normalized spacial score (nSPS) is 12.2. The number of aromatic nitrogens is 2. The fraction of sp³-hybridized carbons (Fsp3) is 0.455. The summed E-state index contributed by atoms with van der Waals surface area (Å²) in [6, 6.07) is 3.93. The SMILES string of the molecule is CCNC(C)(C)c1nc2cccnc2s1. The lowest BCUT2D eigenvalue weighted by Crippen LogP contribution is -2.36. The quantitative estimate of drug-likeness (QED) is 0.865. The molecule has 2 aromatic rings. The number of thiazole rings is 1. The Labute approximate surface area is 93.6 Å². The van der Waals surface area contributed by atoms with Crippen molar-refractivity contribution in [3.8, 4) is 0 Å². The van der Waals surface area contributed by atoms with Crippen LogP contribution in [-0.4, -0.2) is 16.5 Å². The highest BCUT2D eigenvalue weighted by Crippen LogP contribution is 2.28. The molecule has 0 amide bonds. The number of pyridine rings is 1. The number of nitrogens with zero attached hydrogens (tertiary/aromatic N) is 2. The van der Waals surface area contributed by atoms with Gasteiger partial charge in [-0.3, -0.25) is 0 Å². The first kappa shape index (κ1) is 10.5. The van der Waals surface area contributed by atoms with Crippen molar-refractivity contribution < 1.29 is 0 Å². The molecule has 0 fully saturated rings. The Morgan fingerprint density at radius 2 is 2.27 bits per heavy atom. The second-order valence-electron chi connectivity index (χ2n) is 4.00. The van der Waals surface area contributed by atoms with Gasteiger partial charge in [0, 0.05) is 6.20 Å². The second kappa shape index (κ2) is 3.87. The predicted molar refractivity (Wildman–Crippen MR) is 64.1 cm³/mol. The van der Waals surface area contributed by atoms with Gasteiger partial charge in [-0.25, -0.2) is 9.97 Å². The monoisotopic (exact) mass is 221 g/mol. The lowest BCUT2D eigenvalue weighted by molar-refractivity contribution is 0.414. The van der Waals surface area contributed by atoms with Gasteiger partial charge in [-0.2, -0.15) is 0 Å². The lowest BCUT2D eigenvalue weighted by atomic mass is 10.1. The van der Waals surface area contributed by atoms with Crippen molar-refractivity contribution in [3.05, 3.63) is 23.3 Å². The first-order valence-electron chi connectivity index (χ1n) is 5.10. The standard InChI is InChI=1S/C11H15N3S/c1-4-13-11(2,3)10-14-8-6-5-7-12-9(8)15-10/h5-7,13H,4H2,1-3H3. The average Bonchev–Trinajstić information content (AvgIpc) is 2.61. The number of hydrogen-bond acceptors (Lipinski definition) is 4. The molecule has 0 aromatic carbocycles. The minimum Gasteiger partial charge on any atom is -0.306 e. The van der Waals surface area contributed by atoms with E-state index in [0.29, 0.717) is 0 Å². The largest absolute Gasteiger partial charge is 0.306 e. The van der Waals surface area contributed by atoms with Crippen LogP contribution in [-0.2, 0) is 5.54 Å². The van der Waals surface area contributed by atoms with E-state index in [1.807, 2.05) is 18.3 Å². The van der Waals surface area contributed by atoms with Gasteiger partial charge in [-0.15, -0.1) is 0 Å². The third-order valence-corrected chi connectivity index (χ3v) is 3.62. The zero-order valence-corrected chi connectivity index (χ0v) is 10.1. The van der Waals surface area contributed by atoms with Gasteiger partial charge in [-0.05, 0) is 32.5 Å². The summed E-state index contributed by atoms with van der Waals surface area (Å²) in [5, 5.41) is 4.51. The molecular formula is C11H15N3S. The Hall–Kier alpha value is -1.00. The minimum absolute atomic E-state index is 0.0693. The van der Waals surface area contributed by atoms with E-state index in [-0.39, 0.29) is 5.54 Å². The van der Waals surface area contributed by atoms with E-state index in [1.165, 1.54) is 0 Å². The van der Waals surface area contributed by atoms with Crippen LogP contribution in [0.3, 0.4) is 0 Å². The van der Waals surface area contributed by atoms with E-state index in [0.717, 1.165) is 21.9 Å². The van der Waals surface area contributed by atoms with Gasteiger partial charge in [0.2, 0.25) is 0 Å². The third-order valence-electron chi connectivity index (χ3n) is 2.32. The smallest absolute Gasteiger partial charge is 0.143 e. The maximum atomic E-state index is 4.60. The first-order valence-corrected chi connectivity index (χ1v) is 5.92. The molecule has 0 spiro atoms. The fourth-order valence-corrected chi connectivity index (χ4v) is 2.54. The molecule has 0 bridgehead atoms. The highest BCUT2D eigenvalue weighted by Gasteiger charge is 2.23. The van der Waals surface area contributed by atoms with Crippen LogP contribution in [0.4, 0.5) is 0 Å². The fourth-order valence-electron chi connectivity index (χ4n) is 1.55. The molecule has 3 nitrogen and oxygen atoms in total. The summed E-state index contributed by atoms with van der Waals surface area (Å²) in [6.07, 6.45) is 1.81. The summed E-state index contributed by atoms with van der Waals surface area (Å²) < 4.78 is 0. The van der Waals surface area contributed by atoms with E-state index in [4.69, 9.17) is 0 Å². The first-order chi connectivity index (χ1) is 7.13. The zero-order chi connectivity index (χ0) is 10.9. The van der Waals surface area contributed by atoms with Gasteiger partial charge in [0.05, 0.1) is 5.54 Å². The van der Waals surface area contributed by atoms with Gasteiger partial charge in [0.25, 0.3) is 0 Å². The van der Waals surface area contributed by atoms with Crippen molar-refractivity contribution in [2.45, 2.75) is 26.3 Å². The molecule has 2 rings (SSSR count). The Kier molecular flexibility index (Phi) is 2.71. The van der Waals surface area contributed by atoms with Gasteiger partial charge >= 0.3 is 0 Å². The molecule has 0 atom stereocenters. The van der Waals surface area contributed by atoms with E-state index in [2.05, 4.69) is 36.1 Å². The van der Waals surface area contributed by atoms with Crippen molar-refractivity contribution in [3.63, 3.8) is 0 Å². The van der Waals surface area contributed by atoms with Crippen molar-refractivity contribution >= 4 is 21.7 Å². The summed E-state index contributed by atoms with van der Waals surface area (Å²) in [6.45, 7) is 7.34. The maximum absolute atomic E-state index is 4.60. The Morgan fingerprint density at radius 1 is 1.47 bits per heavy atom. The van der Waals surface area contributed by atoms with E-state index in [1.54, 1.807) is 11.3 Å². The highest BCUT2D eigenvalue weighted by molar-refractivity contribution is 7.18. The van der Waals surface area contributed by atoms with Gasteiger partial charge in [-0.1, -0.05) is 18.3 Å². The summed E-state index contributed by atoms with van der Waals surface area (Å²) in [7, 11) is 0. The molecule has 4 heteroatoms. The number of hydrogen-bond donors (Lipinski definition) is 1. The van der Waals surface area contributed by atoms with Crippen LogP contribution in [0.1, 0.15) is 25.8 Å². The molecule has 0 aliphatic heterocycles. The van der Waals surface area contributed by atoms with Crippen LogP contribution in [0.15, 0.2) is 18.3 Å². The van der Waals surface area contributed by atoms with Gasteiger partial charge < -0.3 is 5.32 Å². The van der Waals surface area contributed by atoms with Gasteiger partial charge in [0.1, 0.15) is 15.4 Å². The van der Waals surface area contributed by atoms with E-state index in [9.17, 15) is 0 Å². The van der Waals surface area contributed by atoms with Crippen LogP contribution < -0.4 is 5.32 Å². The summed E-state index contributed by atoms with van der Waals surface area (Å²) in [5.41, 5.74) is 0.920. The molecule has 0 radical (unpaired) electrons. The number of rotatable bonds is 3. The summed E-state index contributed by atoms with van der Waals surface area (Å²) in [4.78, 5) is 9.91. The van der Waals surface area contributed by atoms with Gasteiger partial charge in [0.15, 0.2) is 0 Å². The molecule has 2 heterocycles. The Balaban J connectivity index is 2.44. The predicted octanol–water partition coefficient (Wildman–Crippen LogP) is 2.54. The average molecular weight is 221 g/mol. The van der Waals surface area contributed by atoms with Crippen LogP contribution in [0.2, 0.25) is 0 Å². The molecule has 0 unspecified atom stereocenters. The lowest BCUT2D eigenvalue weighted by Gasteiger charge is -2.22. The van der Waals surface area contributed by atoms with E-state index < -0.39 is 0 Å². The minimum atomic E-state index is -0.0693. The van der Waals surface area contributed by atoms with E-state index >= 15 is 0 Å². The summed E-state index contributed by atoms with van der Waals surface area (Å²) in [5.74, 6) is 0. The second-order valence-corrected chi connectivity index (χ2v) is 4.98. The number of nitrogens with one attached hydrogen (secondary N) is 1. The maximum Gasteiger partial charge on any atom is 0.143 e. The highest BCUT2D eigenvalue weighted by atomic mass is 32.1. The molecule has 15 heavy (non-hydrogen) atoms. The van der Waals surface area contributed by atoms with Crippen molar-refractivity contribution in [1.82, 2.24) is 15.3 Å². The zero-order valence-electron chi connectivity index (χ0n) is 9.24. The molecule has 0 saturated heterocycles. The Bertz CT molecular complexity index is 429. The third kappa shape index (κ3) is 2.01. The molecule has 0 aliphatic carbocycles. The van der Waals surface area contributed by atoms with Crippen LogP contribution in [0.5, 0.6) is 0 Å². The molecule has 1 N–H and O–H groups in total. The number of fused-ring (bicyclic) bond motifs is 1. The molecule has 80 valence electrons. The molecule has 2 aromatic heterocycles. The van der Waals surface area contributed by atoms with Crippen LogP contribution >= 0.6 is 11.3 Å².